The molecule has 3 aromatic rings. The summed E-state index contributed by atoms with van der Waals surface area (Å²) in [7, 11) is 0. The number of aromatic amines is 1. The number of fused-ring (bicyclic) bond motifs is 7. The van der Waals surface area contributed by atoms with Gasteiger partial charge in [0.2, 0.25) is 5.91 Å². The van der Waals surface area contributed by atoms with Gasteiger partial charge in [0, 0.05) is 16.8 Å². The maximum atomic E-state index is 13.8. The van der Waals surface area contributed by atoms with Crippen LogP contribution in [0.2, 0.25) is 0 Å². The number of hydrogen-bond acceptors (Lipinski definition) is 7. The first-order valence-electron chi connectivity index (χ1n) is 8.89. The molecule has 1 aliphatic carbocycles. The molecule has 1 aromatic carbocycles. The quantitative estimate of drug-likeness (QED) is 0.660. The Balaban J connectivity index is 1.79. The second-order valence-corrected chi connectivity index (χ2v) is 6.77. The predicted octanol–water partition coefficient (Wildman–Crippen LogP) is 1.51. The fourth-order valence-corrected chi connectivity index (χ4v) is 4.33. The molecule has 3 N–H and O–H groups in total. The molecule has 3 heterocycles. The number of nitrogen functional groups attached to an aromatic ring is 1. The third kappa shape index (κ3) is 1.80. The summed E-state index contributed by atoms with van der Waals surface area (Å²) < 4.78 is 10.7. The van der Waals surface area contributed by atoms with Crippen molar-refractivity contribution in [2.45, 2.75) is 19.3 Å². The number of esters is 1. The summed E-state index contributed by atoms with van der Waals surface area (Å²) >= 11 is 0. The van der Waals surface area contributed by atoms with Crippen LogP contribution in [0.5, 0.6) is 0 Å². The van der Waals surface area contributed by atoms with E-state index in [-0.39, 0.29) is 25.1 Å². The molecule has 1 atom stereocenters. The molecular weight excluding hydrogens is 362 g/mol. The third-order valence-corrected chi connectivity index (χ3v) is 5.29. The lowest BCUT2D eigenvalue weighted by Gasteiger charge is -2.25. The fourth-order valence-electron chi connectivity index (χ4n) is 4.33. The van der Waals surface area contributed by atoms with Crippen LogP contribution in [-0.2, 0) is 19.7 Å². The van der Waals surface area contributed by atoms with Crippen LogP contribution in [0.15, 0.2) is 28.7 Å². The molecule has 0 unspecified atom stereocenters. The molecule has 5 rings (SSSR count). The highest BCUT2D eigenvalue weighted by atomic mass is 16.5. The zero-order valence-corrected chi connectivity index (χ0v) is 15.3. The summed E-state index contributed by atoms with van der Waals surface area (Å²) in [5, 5.41) is 7.22. The number of aromatic nitrogens is 3. The Morgan fingerprint density at radius 1 is 1.39 bits per heavy atom. The Morgan fingerprint density at radius 3 is 2.96 bits per heavy atom. The smallest absolute Gasteiger partial charge is 0.326 e. The third-order valence-electron chi connectivity index (χ3n) is 5.29. The fraction of sp³-hybridized carbons (Fsp3) is 0.263. The molecule has 0 fully saturated rings. The lowest BCUT2D eigenvalue weighted by atomic mass is 9.75. The number of nitrogens with one attached hydrogen (secondary N) is 1. The van der Waals surface area contributed by atoms with Gasteiger partial charge in [-0.3, -0.25) is 19.6 Å². The number of anilines is 2. The van der Waals surface area contributed by atoms with Gasteiger partial charge in [-0.1, -0.05) is 24.3 Å². The van der Waals surface area contributed by atoms with E-state index >= 15 is 0 Å². The molecule has 1 amide bonds. The van der Waals surface area contributed by atoms with Gasteiger partial charge in [-0.15, -0.1) is 0 Å². The molecule has 1 aliphatic heterocycles. The number of hydrogen-bond donors (Lipinski definition) is 2. The predicted molar refractivity (Wildman–Crippen MR) is 98.5 cm³/mol. The van der Waals surface area contributed by atoms with E-state index in [2.05, 4.69) is 15.2 Å². The number of rotatable bonds is 3. The topological polar surface area (TPSA) is 127 Å². The minimum absolute atomic E-state index is 0.0155. The maximum absolute atomic E-state index is 13.8. The van der Waals surface area contributed by atoms with Crippen LogP contribution in [0.4, 0.5) is 11.8 Å². The average Bonchev–Trinajstić information content (AvgIpc) is 3.36. The Kier molecular flexibility index (Phi) is 3.22. The molecule has 2 aliphatic rings. The van der Waals surface area contributed by atoms with Crippen LogP contribution in [0.25, 0.3) is 11.3 Å². The molecule has 1 spiro atoms. The van der Waals surface area contributed by atoms with Crippen LogP contribution in [0, 0.1) is 6.92 Å². The van der Waals surface area contributed by atoms with Gasteiger partial charge in [0.05, 0.1) is 6.61 Å². The SMILES string of the molecule is CCOC(=O)CN1C(=O)[C@@]2(c3ccccc3-c3oc(N)nc32)c2c1n[nH]c2C. The molecule has 9 heteroatoms. The van der Waals surface area contributed by atoms with E-state index in [1.165, 1.54) is 4.90 Å². The van der Waals surface area contributed by atoms with E-state index in [1.54, 1.807) is 6.92 Å². The van der Waals surface area contributed by atoms with Crippen molar-refractivity contribution < 1.29 is 18.7 Å². The summed E-state index contributed by atoms with van der Waals surface area (Å²) in [6.07, 6.45) is 0. The van der Waals surface area contributed by atoms with E-state index in [9.17, 15) is 9.59 Å². The highest BCUT2D eigenvalue weighted by Crippen LogP contribution is 2.59. The van der Waals surface area contributed by atoms with Gasteiger partial charge in [0.1, 0.15) is 12.2 Å². The molecule has 0 saturated heterocycles. The molecular formula is C19H17N5O4. The number of carbonyl (C=O) groups excluding carboxylic acids is 2. The Labute approximate surface area is 159 Å². The molecule has 28 heavy (non-hydrogen) atoms. The van der Waals surface area contributed by atoms with E-state index < -0.39 is 11.4 Å². The highest BCUT2D eigenvalue weighted by molar-refractivity contribution is 6.16. The monoisotopic (exact) mass is 379 g/mol. The minimum atomic E-state index is -1.26. The van der Waals surface area contributed by atoms with E-state index in [0.717, 1.165) is 11.1 Å². The van der Waals surface area contributed by atoms with Crippen LogP contribution in [0.3, 0.4) is 0 Å². The van der Waals surface area contributed by atoms with Gasteiger partial charge in [0.15, 0.2) is 17.0 Å². The number of nitrogens with zero attached hydrogens (tertiary/aromatic N) is 3. The number of ether oxygens (including phenoxy) is 1. The van der Waals surface area contributed by atoms with Gasteiger partial charge in [-0.05, 0) is 19.4 Å². The number of amides is 1. The van der Waals surface area contributed by atoms with Gasteiger partial charge in [-0.2, -0.15) is 10.1 Å². The second kappa shape index (κ2) is 5.44. The van der Waals surface area contributed by atoms with Gasteiger partial charge >= 0.3 is 5.97 Å². The van der Waals surface area contributed by atoms with Crippen molar-refractivity contribution in [1.29, 1.82) is 0 Å². The second-order valence-electron chi connectivity index (χ2n) is 6.77. The van der Waals surface area contributed by atoms with Crippen LogP contribution in [-0.4, -0.2) is 40.2 Å². The average molecular weight is 379 g/mol. The first-order chi connectivity index (χ1) is 13.5. The van der Waals surface area contributed by atoms with Crippen molar-refractivity contribution in [3.05, 3.63) is 46.8 Å². The van der Waals surface area contributed by atoms with E-state index in [0.29, 0.717) is 28.5 Å². The number of nitrogens with two attached hydrogens (primary N) is 1. The van der Waals surface area contributed by atoms with Crippen LogP contribution < -0.4 is 10.6 Å². The first kappa shape index (κ1) is 16.5. The van der Waals surface area contributed by atoms with Crippen molar-refractivity contribution in [2.24, 2.45) is 0 Å². The summed E-state index contributed by atoms with van der Waals surface area (Å²) in [6, 6.07) is 7.43. The number of oxazole rings is 1. The van der Waals surface area contributed by atoms with Gasteiger partial charge < -0.3 is 14.9 Å². The van der Waals surface area contributed by atoms with Gasteiger partial charge in [0.25, 0.3) is 6.01 Å². The molecule has 0 bridgehead atoms. The summed E-state index contributed by atoms with van der Waals surface area (Å²) in [4.78, 5) is 31.7. The van der Waals surface area contributed by atoms with Crippen molar-refractivity contribution in [3.8, 4) is 11.3 Å². The summed E-state index contributed by atoms with van der Waals surface area (Å²) in [5.41, 5.74) is 7.84. The van der Waals surface area contributed by atoms with Gasteiger partial charge in [-0.25, -0.2) is 0 Å². The Morgan fingerprint density at radius 2 is 2.18 bits per heavy atom. The van der Waals surface area contributed by atoms with Crippen molar-refractivity contribution in [3.63, 3.8) is 0 Å². The van der Waals surface area contributed by atoms with E-state index in [1.807, 2.05) is 31.2 Å². The van der Waals surface area contributed by atoms with Crippen LogP contribution >= 0.6 is 0 Å². The maximum Gasteiger partial charge on any atom is 0.326 e. The standard InChI is InChI=1S/C19H17N5O4/c1-3-27-12(25)8-24-16-13(9(2)22-23-16)19(17(24)26)11-7-5-4-6-10(11)14-15(19)21-18(20)28-14/h4-7H,3,8H2,1-2H3,(H2,20,21)(H,22,23)/t19-/m0/s1. The number of carbonyl (C=O) groups is 2. The molecule has 0 radical (unpaired) electrons. The summed E-state index contributed by atoms with van der Waals surface area (Å²) in [6.45, 7) is 3.54. The largest absolute Gasteiger partial charge is 0.465 e. The highest BCUT2D eigenvalue weighted by Gasteiger charge is 2.63. The normalized spacial score (nSPS) is 19.1. The zero-order chi connectivity index (χ0) is 19.6. The first-order valence-corrected chi connectivity index (χ1v) is 8.89. The zero-order valence-electron chi connectivity index (χ0n) is 15.3. The molecule has 9 nitrogen and oxygen atoms in total. The summed E-state index contributed by atoms with van der Waals surface area (Å²) in [5.74, 6) is 0.0195. The van der Waals surface area contributed by atoms with Crippen LogP contribution in [0.1, 0.15) is 29.4 Å². The molecule has 0 saturated carbocycles. The molecule has 142 valence electrons. The van der Waals surface area contributed by atoms with E-state index in [4.69, 9.17) is 14.9 Å². The van der Waals surface area contributed by atoms with Crippen molar-refractivity contribution in [2.75, 3.05) is 23.8 Å². The number of H-pyrrole nitrogens is 1. The lowest BCUT2D eigenvalue weighted by molar-refractivity contribution is -0.142. The molecule has 2 aromatic heterocycles. The Bertz CT molecular complexity index is 1150. The minimum Gasteiger partial charge on any atom is -0.465 e. The number of benzene rings is 1. The van der Waals surface area contributed by atoms with Crippen molar-refractivity contribution >= 4 is 23.7 Å². The Hall–Kier alpha value is -3.62. The van der Waals surface area contributed by atoms with Crippen molar-refractivity contribution in [1.82, 2.24) is 15.2 Å². The number of aryl methyl sites for hydroxylation is 1. The lowest BCUT2D eigenvalue weighted by Crippen LogP contribution is -2.44.